The molecule has 128 valence electrons. The number of sulfonamides is 1. The molecule has 4 rings (SSSR count). The zero-order valence-corrected chi connectivity index (χ0v) is 14.2. The summed E-state index contributed by atoms with van der Waals surface area (Å²) >= 11 is 0. The third kappa shape index (κ3) is 3.10. The van der Waals surface area contributed by atoms with Gasteiger partial charge in [0, 0.05) is 11.8 Å². The molecule has 0 bridgehead atoms. The highest BCUT2D eigenvalue weighted by atomic mass is 32.2. The number of aromatic nitrogens is 2. The summed E-state index contributed by atoms with van der Waals surface area (Å²) in [5, 5.41) is 9.32. The zero-order valence-electron chi connectivity index (χ0n) is 13.4. The number of benzene rings is 1. The van der Waals surface area contributed by atoms with Gasteiger partial charge in [-0.25, -0.2) is 13.6 Å². The highest BCUT2D eigenvalue weighted by molar-refractivity contribution is 7.89. The SMILES string of the molecule is NS(=O)(=O)c1ccc([C@H]2C[C@@H]2c2nc(C3CCCCC3)no2)cc1. The number of hydrogen-bond donors (Lipinski definition) is 1. The molecule has 2 fully saturated rings. The van der Waals surface area contributed by atoms with Gasteiger partial charge in [-0.3, -0.25) is 0 Å². The lowest BCUT2D eigenvalue weighted by atomic mass is 9.89. The molecule has 2 aliphatic rings. The van der Waals surface area contributed by atoms with Gasteiger partial charge in [0.2, 0.25) is 15.9 Å². The summed E-state index contributed by atoms with van der Waals surface area (Å²) in [4.78, 5) is 4.77. The Labute approximate surface area is 141 Å². The molecular weight excluding hydrogens is 326 g/mol. The molecule has 1 aromatic carbocycles. The number of hydrogen-bond acceptors (Lipinski definition) is 5. The van der Waals surface area contributed by atoms with Crippen LogP contribution in [0.5, 0.6) is 0 Å². The van der Waals surface area contributed by atoms with Crippen molar-refractivity contribution < 1.29 is 12.9 Å². The van der Waals surface area contributed by atoms with Crippen molar-refractivity contribution in [3.8, 4) is 0 Å². The van der Waals surface area contributed by atoms with Gasteiger partial charge in [-0.05, 0) is 42.9 Å². The fourth-order valence-electron chi connectivity index (χ4n) is 3.67. The van der Waals surface area contributed by atoms with E-state index < -0.39 is 10.0 Å². The molecule has 6 nitrogen and oxygen atoms in total. The van der Waals surface area contributed by atoms with Crippen molar-refractivity contribution in [2.24, 2.45) is 5.14 Å². The van der Waals surface area contributed by atoms with Gasteiger partial charge in [-0.15, -0.1) is 0 Å². The number of primary sulfonamides is 1. The van der Waals surface area contributed by atoms with E-state index in [1.165, 1.54) is 19.3 Å². The van der Waals surface area contributed by atoms with Gasteiger partial charge in [0.1, 0.15) is 0 Å². The molecular formula is C17H21N3O3S. The molecule has 0 saturated heterocycles. The van der Waals surface area contributed by atoms with Gasteiger partial charge >= 0.3 is 0 Å². The van der Waals surface area contributed by atoms with Crippen LogP contribution in [-0.4, -0.2) is 18.6 Å². The van der Waals surface area contributed by atoms with Gasteiger partial charge in [0.25, 0.3) is 0 Å². The molecule has 2 atom stereocenters. The van der Waals surface area contributed by atoms with Crippen LogP contribution < -0.4 is 5.14 Å². The number of nitrogens with two attached hydrogens (primary N) is 1. The quantitative estimate of drug-likeness (QED) is 0.916. The molecule has 2 N–H and O–H groups in total. The van der Waals surface area contributed by atoms with E-state index in [1.807, 2.05) is 12.1 Å². The lowest BCUT2D eigenvalue weighted by molar-refractivity contribution is 0.357. The van der Waals surface area contributed by atoms with Gasteiger partial charge in [-0.2, -0.15) is 4.98 Å². The first-order chi connectivity index (χ1) is 11.5. The Morgan fingerprint density at radius 3 is 2.42 bits per heavy atom. The summed E-state index contributed by atoms with van der Waals surface area (Å²) < 4.78 is 28.1. The molecule has 2 aromatic rings. The molecule has 7 heteroatoms. The largest absolute Gasteiger partial charge is 0.339 e. The Morgan fingerprint density at radius 2 is 1.75 bits per heavy atom. The van der Waals surface area contributed by atoms with Crippen LogP contribution in [-0.2, 0) is 10.0 Å². The maximum Gasteiger partial charge on any atom is 0.238 e. The summed E-state index contributed by atoms with van der Waals surface area (Å²) in [6, 6.07) is 6.76. The Morgan fingerprint density at radius 1 is 1.04 bits per heavy atom. The van der Waals surface area contributed by atoms with Crippen LogP contribution in [0.4, 0.5) is 0 Å². The van der Waals surface area contributed by atoms with E-state index >= 15 is 0 Å². The Kier molecular flexibility index (Phi) is 3.92. The van der Waals surface area contributed by atoms with E-state index in [0.29, 0.717) is 11.8 Å². The van der Waals surface area contributed by atoms with E-state index in [2.05, 4.69) is 10.1 Å². The van der Waals surface area contributed by atoms with Crippen molar-refractivity contribution >= 4 is 10.0 Å². The molecule has 1 aromatic heterocycles. The number of rotatable bonds is 4. The summed E-state index contributed by atoms with van der Waals surface area (Å²) in [6.07, 6.45) is 7.07. The molecule has 0 spiro atoms. The summed E-state index contributed by atoms with van der Waals surface area (Å²) in [7, 11) is -3.64. The Balaban J connectivity index is 1.45. The van der Waals surface area contributed by atoms with E-state index in [1.54, 1.807) is 12.1 Å². The summed E-state index contributed by atoms with van der Waals surface area (Å²) in [5.74, 6) is 2.59. The van der Waals surface area contributed by atoms with E-state index in [9.17, 15) is 8.42 Å². The second kappa shape index (κ2) is 5.97. The maximum atomic E-state index is 11.3. The molecule has 1 heterocycles. The van der Waals surface area contributed by atoms with Gasteiger partial charge in [0.05, 0.1) is 4.90 Å². The third-order valence-corrected chi connectivity index (χ3v) is 6.10. The standard InChI is InChI=1S/C17H21N3O3S/c18-24(21,22)13-8-6-11(7-9-13)14-10-15(14)17-19-16(20-23-17)12-4-2-1-3-5-12/h6-9,12,14-15H,1-5,10H2,(H2,18,21,22)/t14-,15+/m1/s1. The lowest BCUT2D eigenvalue weighted by Gasteiger charge is -2.17. The first-order valence-electron chi connectivity index (χ1n) is 8.48. The predicted molar refractivity (Wildman–Crippen MR) is 88.0 cm³/mol. The minimum absolute atomic E-state index is 0.140. The molecule has 0 amide bonds. The third-order valence-electron chi connectivity index (χ3n) is 5.17. The minimum Gasteiger partial charge on any atom is -0.339 e. The van der Waals surface area contributed by atoms with Crippen molar-refractivity contribution in [3.05, 3.63) is 41.5 Å². The number of nitrogens with zero attached hydrogens (tertiary/aromatic N) is 2. The van der Waals surface area contributed by atoms with Crippen molar-refractivity contribution in [2.45, 2.75) is 61.2 Å². The monoisotopic (exact) mass is 347 g/mol. The minimum atomic E-state index is -3.64. The molecule has 0 unspecified atom stereocenters. The molecule has 2 saturated carbocycles. The van der Waals surface area contributed by atoms with Gasteiger partial charge in [0.15, 0.2) is 5.82 Å². The highest BCUT2D eigenvalue weighted by Gasteiger charge is 2.44. The maximum absolute atomic E-state index is 11.3. The second-order valence-electron chi connectivity index (χ2n) is 6.89. The van der Waals surface area contributed by atoms with Crippen molar-refractivity contribution in [3.63, 3.8) is 0 Å². The predicted octanol–water partition coefficient (Wildman–Crippen LogP) is 3.04. The highest BCUT2D eigenvalue weighted by Crippen LogP contribution is 2.54. The van der Waals surface area contributed by atoms with Crippen LogP contribution in [0.1, 0.15) is 73.6 Å². The molecule has 2 aliphatic carbocycles. The van der Waals surface area contributed by atoms with Crippen molar-refractivity contribution in [2.75, 3.05) is 0 Å². The Hall–Kier alpha value is -1.73. The van der Waals surface area contributed by atoms with Crippen LogP contribution >= 0.6 is 0 Å². The fraction of sp³-hybridized carbons (Fsp3) is 0.529. The normalized spacial score (nSPS) is 24.9. The van der Waals surface area contributed by atoms with Gasteiger partial charge in [-0.1, -0.05) is 36.6 Å². The average Bonchev–Trinajstić information content (AvgIpc) is 3.23. The second-order valence-corrected chi connectivity index (χ2v) is 8.45. The van der Waals surface area contributed by atoms with Crippen LogP contribution in [0, 0.1) is 0 Å². The summed E-state index contributed by atoms with van der Waals surface area (Å²) in [5.41, 5.74) is 1.09. The van der Waals surface area contributed by atoms with Crippen LogP contribution in [0.15, 0.2) is 33.7 Å². The first-order valence-corrected chi connectivity index (χ1v) is 10.0. The van der Waals surface area contributed by atoms with Crippen molar-refractivity contribution in [1.29, 1.82) is 0 Å². The summed E-state index contributed by atoms with van der Waals surface area (Å²) in [6.45, 7) is 0. The van der Waals surface area contributed by atoms with E-state index in [4.69, 9.17) is 9.66 Å². The van der Waals surface area contributed by atoms with E-state index in [-0.39, 0.29) is 10.8 Å². The topological polar surface area (TPSA) is 99.1 Å². The fourth-order valence-corrected chi connectivity index (χ4v) is 4.18. The Bertz CT molecular complexity index is 823. The smallest absolute Gasteiger partial charge is 0.238 e. The van der Waals surface area contributed by atoms with Crippen LogP contribution in [0.25, 0.3) is 0 Å². The van der Waals surface area contributed by atoms with Crippen LogP contribution in [0.2, 0.25) is 0 Å². The molecule has 0 radical (unpaired) electrons. The molecule has 24 heavy (non-hydrogen) atoms. The first kappa shape index (κ1) is 15.8. The van der Waals surface area contributed by atoms with Crippen molar-refractivity contribution in [1.82, 2.24) is 10.1 Å². The lowest BCUT2D eigenvalue weighted by Crippen LogP contribution is -2.11. The van der Waals surface area contributed by atoms with E-state index in [0.717, 1.165) is 36.5 Å². The van der Waals surface area contributed by atoms with Gasteiger partial charge < -0.3 is 4.52 Å². The molecule has 0 aliphatic heterocycles. The average molecular weight is 347 g/mol. The zero-order chi connectivity index (χ0) is 16.7. The van der Waals surface area contributed by atoms with Crippen LogP contribution in [0.3, 0.4) is 0 Å².